The minimum Gasteiger partial charge on any atom is -0.443 e. The van der Waals surface area contributed by atoms with Gasteiger partial charge in [-0.05, 0) is 47.6 Å². The van der Waals surface area contributed by atoms with Crippen LogP contribution in [0.5, 0.6) is 0 Å². The third kappa shape index (κ3) is 6.66. The maximum atomic E-state index is 14.0. The van der Waals surface area contributed by atoms with Crippen molar-refractivity contribution >= 4 is 17.9 Å². The van der Waals surface area contributed by atoms with Gasteiger partial charge in [0, 0.05) is 17.7 Å². The summed E-state index contributed by atoms with van der Waals surface area (Å²) in [4.78, 5) is 35.5. The number of imide groups is 1. The molecule has 0 aromatic heterocycles. The van der Waals surface area contributed by atoms with Gasteiger partial charge in [-0.25, -0.2) is 18.9 Å². The van der Waals surface area contributed by atoms with Gasteiger partial charge in [-0.15, -0.1) is 0 Å². The van der Waals surface area contributed by atoms with Gasteiger partial charge in [-0.3, -0.25) is 10.1 Å². The summed E-state index contributed by atoms with van der Waals surface area (Å²) in [5.41, 5.74) is -2.39. The van der Waals surface area contributed by atoms with E-state index in [1.807, 2.05) is 0 Å². The molecule has 0 aliphatic carbocycles. The van der Waals surface area contributed by atoms with E-state index in [0.29, 0.717) is 4.90 Å². The largest absolute Gasteiger partial charge is 0.443 e. The highest BCUT2D eigenvalue weighted by molar-refractivity contribution is 5.88. The Morgan fingerprint density at radius 1 is 1.08 bits per heavy atom. The first-order valence-electron chi connectivity index (χ1n) is 7.86. The van der Waals surface area contributed by atoms with Crippen LogP contribution in [0.15, 0.2) is 18.2 Å². The highest BCUT2D eigenvalue weighted by Crippen LogP contribution is 2.21. The first kappa shape index (κ1) is 21.3. The predicted molar refractivity (Wildman–Crippen MR) is 91.1 cm³/mol. The fourth-order valence-electron chi connectivity index (χ4n) is 1.80. The molecule has 2 amide bonds. The smallest absolute Gasteiger partial charge is 0.420 e. The number of non-ortho nitro benzene ring substituents is 1. The fourth-order valence-corrected chi connectivity index (χ4v) is 1.80. The summed E-state index contributed by atoms with van der Waals surface area (Å²) >= 11 is 0. The quantitative estimate of drug-likeness (QED) is 0.577. The van der Waals surface area contributed by atoms with Crippen LogP contribution in [0.3, 0.4) is 0 Å². The number of carbonyl (C=O) groups excluding carboxylic acids is 2. The van der Waals surface area contributed by atoms with E-state index < -0.39 is 40.7 Å². The third-order valence-corrected chi connectivity index (χ3v) is 2.80. The van der Waals surface area contributed by atoms with Crippen molar-refractivity contribution < 1.29 is 28.4 Å². The number of nitro groups is 1. The monoisotopic (exact) mass is 370 g/mol. The Labute approximate surface area is 151 Å². The Balaban J connectivity index is 3.20. The van der Waals surface area contributed by atoms with Gasteiger partial charge in [0.2, 0.25) is 0 Å². The van der Waals surface area contributed by atoms with Crippen molar-refractivity contribution in [2.24, 2.45) is 0 Å². The van der Waals surface area contributed by atoms with Crippen LogP contribution in [0.4, 0.5) is 19.7 Å². The number of amides is 2. The second-order valence-electron chi connectivity index (χ2n) is 7.58. The Hall–Kier alpha value is -2.71. The van der Waals surface area contributed by atoms with E-state index in [1.165, 1.54) is 0 Å². The maximum absolute atomic E-state index is 14.0. The number of benzene rings is 1. The molecular formula is C17H23FN2O6. The lowest BCUT2D eigenvalue weighted by Crippen LogP contribution is -2.43. The molecule has 0 saturated carbocycles. The second kappa shape index (κ2) is 7.67. The normalized spacial score (nSPS) is 11.7. The summed E-state index contributed by atoms with van der Waals surface area (Å²) in [6, 6.07) is 2.84. The van der Waals surface area contributed by atoms with Crippen molar-refractivity contribution in [1.82, 2.24) is 4.90 Å². The number of carbonyl (C=O) groups is 2. The summed E-state index contributed by atoms with van der Waals surface area (Å²) in [5, 5.41) is 10.9. The van der Waals surface area contributed by atoms with Gasteiger partial charge in [-0.1, -0.05) is 0 Å². The van der Waals surface area contributed by atoms with E-state index in [2.05, 4.69) is 0 Å². The molecule has 0 aliphatic heterocycles. The number of rotatable bonds is 3. The minimum atomic E-state index is -1.04. The van der Waals surface area contributed by atoms with Crippen LogP contribution in [-0.2, 0) is 16.0 Å². The van der Waals surface area contributed by atoms with Gasteiger partial charge in [0.25, 0.3) is 5.69 Å². The molecule has 0 atom stereocenters. The van der Waals surface area contributed by atoms with Crippen LogP contribution in [0.1, 0.15) is 47.1 Å². The highest BCUT2D eigenvalue weighted by Gasteiger charge is 2.32. The van der Waals surface area contributed by atoms with Crippen molar-refractivity contribution in [3.05, 3.63) is 39.7 Å². The van der Waals surface area contributed by atoms with Gasteiger partial charge in [0.1, 0.15) is 17.0 Å². The zero-order valence-electron chi connectivity index (χ0n) is 15.7. The molecule has 0 saturated heterocycles. The zero-order valence-corrected chi connectivity index (χ0v) is 15.7. The van der Waals surface area contributed by atoms with Crippen LogP contribution in [0, 0.1) is 15.9 Å². The SMILES string of the molecule is CC(C)(C)OC(=O)N(Cc1cc([N+](=O)[O-])ccc1F)C(=O)OC(C)(C)C. The number of halogens is 1. The summed E-state index contributed by atoms with van der Waals surface area (Å²) in [5.74, 6) is -0.798. The average molecular weight is 370 g/mol. The summed E-state index contributed by atoms with van der Waals surface area (Å²) in [6.07, 6.45) is -2.09. The first-order valence-corrected chi connectivity index (χ1v) is 7.86. The van der Waals surface area contributed by atoms with Crippen LogP contribution >= 0.6 is 0 Å². The topological polar surface area (TPSA) is 99.0 Å². The number of hydrogen-bond donors (Lipinski definition) is 0. The van der Waals surface area contributed by atoms with Crippen molar-refractivity contribution in [1.29, 1.82) is 0 Å². The van der Waals surface area contributed by atoms with E-state index in [1.54, 1.807) is 41.5 Å². The number of nitrogens with zero attached hydrogens (tertiary/aromatic N) is 2. The van der Waals surface area contributed by atoms with Crippen LogP contribution in [0.25, 0.3) is 0 Å². The van der Waals surface area contributed by atoms with Crippen LogP contribution < -0.4 is 0 Å². The third-order valence-electron chi connectivity index (χ3n) is 2.80. The van der Waals surface area contributed by atoms with Gasteiger partial charge in [0.15, 0.2) is 0 Å². The van der Waals surface area contributed by atoms with Crippen LogP contribution in [0.2, 0.25) is 0 Å². The molecule has 8 nitrogen and oxygen atoms in total. The zero-order chi connectivity index (χ0) is 20.3. The molecule has 0 radical (unpaired) electrons. The molecule has 0 heterocycles. The molecule has 0 N–H and O–H groups in total. The molecule has 1 aromatic carbocycles. The average Bonchev–Trinajstić information content (AvgIpc) is 2.41. The van der Waals surface area contributed by atoms with E-state index in [9.17, 15) is 24.1 Å². The standard InChI is InChI=1S/C17H23FN2O6/c1-16(2,3)25-14(21)19(15(22)26-17(4,5)6)10-11-9-12(20(23)24)7-8-13(11)18/h7-9H,10H2,1-6H3. The Bertz CT molecular complexity index is 678. The molecule has 0 aliphatic rings. The Morgan fingerprint density at radius 2 is 1.54 bits per heavy atom. The molecule has 9 heteroatoms. The van der Waals surface area contributed by atoms with E-state index in [4.69, 9.17) is 9.47 Å². The van der Waals surface area contributed by atoms with Gasteiger partial charge < -0.3 is 9.47 Å². The summed E-state index contributed by atoms with van der Waals surface area (Å²) in [6.45, 7) is 9.05. The molecule has 1 rings (SSSR count). The second-order valence-corrected chi connectivity index (χ2v) is 7.58. The molecule has 0 spiro atoms. The van der Waals surface area contributed by atoms with Gasteiger partial charge >= 0.3 is 12.2 Å². The van der Waals surface area contributed by atoms with Crippen LogP contribution in [-0.4, -0.2) is 33.2 Å². The first-order chi connectivity index (χ1) is 11.7. The Kier molecular flexibility index (Phi) is 6.29. The molecule has 0 unspecified atom stereocenters. The summed E-state index contributed by atoms with van der Waals surface area (Å²) < 4.78 is 24.4. The maximum Gasteiger partial charge on any atom is 0.420 e. The highest BCUT2D eigenvalue weighted by atomic mass is 19.1. The van der Waals surface area contributed by atoms with Crippen molar-refractivity contribution in [3.8, 4) is 0 Å². The molecular weight excluding hydrogens is 347 g/mol. The van der Waals surface area contributed by atoms with Gasteiger partial charge in [0.05, 0.1) is 11.5 Å². The molecule has 0 bridgehead atoms. The number of ether oxygens (including phenoxy) is 2. The summed E-state index contributed by atoms with van der Waals surface area (Å²) in [7, 11) is 0. The van der Waals surface area contributed by atoms with E-state index in [0.717, 1.165) is 18.2 Å². The lowest BCUT2D eigenvalue weighted by molar-refractivity contribution is -0.385. The number of nitro benzene ring substituents is 1. The van der Waals surface area contributed by atoms with E-state index in [-0.39, 0.29) is 11.3 Å². The lowest BCUT2D eigenvalue weighted by atomic mass is 10.1. The molecule has 0 fully saturated rings. The fraction of sp³-hybridized carbons (Fsp3) is 0.529. The number of hydrogen-bond acceptors (Lipinski definition) is 6. The van der Waals surface area contributed by atoms with Crippen molar-refractivity contribution in [2.75, 3.05) is 0 Å². The molecule has 26 heavy (non-hydrogen) atoms. The van der Waals surface area contributed by atoms with E-state index >= 15 is 0 Å². The molecule has 144 valence electrons. The van der Waals surface area contributed by atoms with Crippen molar-refractivity contribution in [2.45, 2.75) is 59.3 Å². The van der Waals surface area contributed by atoms with Crippen molar-refractivity contribution in [3.63, 3.8) is 0 Å². The Morgan fingerprint density at radius 3 is 1.92 bits per heavy atom. The molecule has 1 aromatic rings. The predicted octanol–water partition coefficient (Wildman–Crippen LogP) is 4.41. The lowest BCUT2D eigenvalue weighted by Gasteiger charge is -2.28. The minimum absolute atomic E-state index is 0.212. The van der Waals surface area contributed by atoms with Gasteiger partial charge in [-0.2, -0.15) is 0 Å².